The molecule has 0 radical (unpaired) electrons. The first-order valence-corrected chi connectivity index (χ1v) is 2.23. The molecule has 1 nitrogen and oxygen atoms in total. The molecule has 0 heterocycles. The Morgan fingerprint density at radius 3 is 2.71 bits per heavy atom. The average molecular weight is 94.1 g/mol. The minimum absolute atomic E-state index is 0.178. The van der Waals surface area contributed by atoms with E-state index in [-0.39, 0.29) is 5.92 Å². The molecule has 0 aliphatic heterocycles. The Balaban J connectivity index is 2.48. The van der Waals surface area contributed by atoms with E-state index < -0.39 is 0 Å². The van der Waals surface area contributed by atoms with Crippen molar-refractivity contribution in [3.63, 3.8) is 0 Å². The number of Topliss-reactive ketones (excluding diaryl/α,β-unsaturated/α-hetero) is 1. The Labute approximate surface area is 42.3 Å². The summed E-state index contributed by atoms with van der Waals surface area (Å²) in [6.45, 7) is 3.34. The van der Waals surface area contributed by atoms with Crippen LogP contribution in [0.5, 0.6) is 0 Å². The average Bonchev–Trinajstić information content (AvgIpc) is 2.22. The minimum atomic E-state index is 0.178. The molecule has 1 rings (SSSR count). The lowest BCUT2D eigenvalue weighted by Gasteiger charge is -1.62. The zero-order valence-corrected chi connectivity index (χ0v) is 3.98. The van der Waals surface area contributed by atoms with Crippen molar-refractivity contribution in [3.8, 4) is 0 Å². The molecule has 0 spiro atoms. The fourth-order valence-electron chi connectivity index (χ4n) is 0.452. The van der Waals surface area contributed by atoms with Gasteiger partial charge in [0.2, 0.25) is 0 Å². The highest BCUT2D eigenvalue weighted by Gasteiger charge is 2.31. The first-order chi connectivity index (χ1) is 3.34. The molecule has 1 atom stereocenters. The van der Waals surface area contributed by atoms with Gasteiger partial charge in [0.05, 0.1) is 5.92 Å². The van der Waals surface area contributed by atoms with Gasteiger partial charge in [-0.05, 0) is 6.08 Å². The molecule has 0 aromatic rings. The Morgan fingerprint density at radius 1 is 2.00 bits per heavy atom. The minimum Gasteiger partial charge on any atom is -0.299 e. The van der Waals surface area contributed by atoms with Gasteiger partial charge in [0.15, 0.2) is 0 Å². The maximum Gasteiger partial charge on any atom is 0.141 e. The van der Waals surface area contributed by atoms with Gasteiger partial charge >= 0.3 is 0 Å². The van der Waals surface area contributed by atoms with E-state index >= 15 is 0 Å². The second-order valence-electron chi connectivity index (χ2n) is 1.65. The summed E-state index contributed by atoms with van der Waals surface area (Å²) >= 11 is 0. The summed E-state index contributed by atoms with van der Waals surface area (Å²) in [5, 5.41) is 0. The predicted molar refractivity (Wildman–Crippen MR) is 26.8 cm³/mol. The number of carbonyl (C=O) groups is 1. The topological polar surface area (TPSA) is 17.1 Å². The van der Waals surface area contributed by atoms with Crippen LogP contribution in [-0.4, -0.2) is 5.78 Å². The lowest BCUT2D eigenvalue weighted by molar-refractivity contribution is -0.110. The monoisotopic (exact) mass is 94.0 g/mol. The summed E-state index contributed by atoms with van der Waals surface area (Å²) in [5.41, 5.74) is 2.56. The van der Waals surface area contributed by atoms with E-state index in [2.05, 4.69) is 12.3 Å². The SMILES string of the molecule is C=C=CC1CC1=O. The zero-order chi connectivity index (χ0) is 5.28. The highest BCUT2D eigenvalue weighted by atomic mass is 16.1. The molecular weight excluding hydrogens is 88.1 g/mol. The Bertz CT molecular complexity index is 140. The summed E-state index contributed by atoms with van der Waals surface area (Å²) in [6.07, 6.45) is 2.42. The third kappa shape index (κ3) is 0.787. The van der Waals surface area contributed by atoms with Crippen LogP contribution in [0.15, 0.2) is 18.4 Å². The molecule has 1 unspecified atom stereocenters. The molecule has 7 heavy (non-hydrogen) atoms. The van der Waals surface area contributed by atoms with Crippen molar-refractivity contribution in [2.75, 3.05) is 0 Å². The molecule has 0 aromatic carbocycles. The van der Waals surface area contributed by atoms with Gasteiger partial charge in [-0.15, -0.1) is 5.73 Å². The van der Waals surface area contributed by atoms with E-state index in [0.29, 0.717) is 12.2 Å². The second-order valence-corrected chi connectivity index (χ2v) is 1.65. The number of hydrogen-bond donors (Lipinski definition) is 0. The van der Waals surface area contributed by atoms with Crippen molar-refractivity contribution in [1.82, 2.24) is 0 Å². The summed E-state index contributed by atoms with van der Waals surface area (Å²) in [6, 6.07) is 0. The molecule has 0 bridgehead atoms. The van der Waals surface area contributed by atoms with Crippen LogP contribution in [0.2, 0.25) is 0 Å². The Hall–Kier alpha value is -0.810. The maximum absolute atomic E-state index is 10.2. The molecule has 1 saturated carbocycles. The van der Waals surface area contributed by atoms with Gasteiger partial charge in [0.1, 0.15) is 5.78 Å². The van der Waals surface area contributed by atoms with E-state index in [0.717, 1.165) is 0 Å². The summed E-state index contributed by atoms with van der Waals surface area (Å²) in [7, 11) is 0. The Kier molecular flexibility index (Phi) is 0.844. The summed E-state index contributed by atoms with van der Waals surface area (Å²) < 4.78 is 0. The van der Waals surface area contributed by atoms with Crippen molar-refractivity contribution in [3.05, 3.63) is 18.4 Å². The molecule has 0 amide bonds. The first kappa shape index (κ1) is 4.35. The van der Waals surface area contributed by atoms with E-state index in [4.69, 9.17) is 0 Å². The molecule has 0 N–H and O–H groups in total. The van der Waals surface area contributed by atoms with Gasteiger partial charge in [-0.2, -0.15) is 0 Å². The van der Waals surface area contributed by atoms with Crippen molar-refractivity contribution < 1.29 is 4.79 Å². The molecule has 0 aromatic heterocycles. The van der Waals surface area contributed by atoms with Gasteiger partial charge in [-0.25, -0.2) is 0 Å². The van der Waals surface area contributed by atoms with Crippen LogP contribution >= 0.6 is 0 Å². The van der Waals surface area contributed by atoms with Crippen LogP contribution in [0.1, 0.15) is 6.42 Å². The smallest absolute Gasteiger partial charge is 0.141 e. The van der Waals surface area contributed by atoms with Crippen LogP contribution in [0.3, 0.4) is 0 Å². The van der Waals surface area contributed by atoms with E-state index in [9.17, 15) is 4.79 Å². The number of hydrogen-bond acceptors (Lipinski definition) is 1. The van der Waals surface area contributed by atoms with E-state index in [1.54, 1.807) is 6.08 Å². The van der Waals surface area contributed by atoms with Gasteiger partial charge in [0, 0.05) is 6.42 Å². The third-order valence-corrected chi connectivity index (χ3v) is 0.994. The molecule has 1 aliphatic carbocycles. The fourth-order valence-corrected chi connectivity index (χ4v) is 0.452. The molecule has 1 aliphatic rings. The standard InChI is InChI=1S/C6H6O/c1-2-3-5-4-6(5)7/h3,5H,1,4H2. The predicted octanol–water partition coefficient (Wildman–Crippen LogP) is 0.916. The highest BCUT2D eigenvalue weighted by Crippen LogP contribution is 2.23. The molecule has 0 saturated heterocycles. The van der Waals surface area contributed by atoms with Crippen molar-refractivity contribution in [1.29, 1.82) is 0 Å². The lowest BCUT2D eigenvalue weighted by Crippen LogP contribution is -1.65. The van der Waals surface area contributed by atoms with Crippen LogP contribution < -0.4 is 0 Å². The maximum atomic E-state index is 10.2. The third-order valence-electron chi connectivity index (χ3n) is 0.994. The number of rotatable bonds is 1. The van der Waals surface area contributed by atoms with E-state index in [1.807, 2.05) is 0 Å². The van der Waals surface area contributed by atoms with Gasteiger partial charge in [-0.3, -0.25) is 4.79 Å². The molecular formula is C6H6O. The number of allylic oxidation sites excluding steroid dienone is 1. The first-order valence-electron chi connectivity index (χ1n) is 2.23. The summed E-state index contributed by atoms with van der Waals surface area (Å²) in [5.74, 6) is 0.494. The van der Waals surface area contributed by atoms with Crippen molar-refractivity contribution in [2.24, 2.45) is 5.92 Å². The van der Waals surface area contributed by atoms with Crippen molar-refractivity contribution in [2.45, 2.75) is 6.42 Å². The van der Waals surface area contributed by atoms with Crippen LogP contribution in [-0.2, 0) is 4.79 Å². The quantitative estimate of drug-likeness (QED) is 0.441. The lowest BCUT2D eigenvalue weighted by atomic mass is 10.4. The van der Waals surface area contributed by atoms with E-state index in [1.165, 1.54) is 0 Å². The van der Waals surface area contributed by atoms with Crippen molar-refractivity contribution >= 4 is 5.78 Å². The fraction of sp³-hybridized carbons (Fsp3) is 0.333. The van der Waals surface area contributed by atoms with Gasteiger partial charge in [-0.1, -0.05) is 6.58 Å². The molecule has 1 heteroatoms. The number of carbonyl (C=O) groups excluding carboxylic acids is 1. The number of ketones is 1. The van der Waals surface area contributed by atoms with Crippen LogP contribution in [0, 0.1) is 5.92 Å². The highest BCUT2D eigenvalue weighted by molar-refractivity contribution is 5.97. The van der Waals surface area contributed by atoms with Crippen LogP contribution in [0.25, 0.3) is 0 Å². The Morgan fingerprint density at radius 2 is 2.57 bits per heavy atom. The zero-order valence-electron chi connectivity index (χ0n) is 3.98. The normalized spacial score (nSPS) is 26.3. The van der Waals surface area contributed by atoms with Crippen LogP contribution in [0.4, 0.5) is 0 Å². The second kappa shape index (κ2) is 1.36. The van der Waals surface area contributed by atoms with Gasteiger partial charge < -0.3 is 0 Å². The summed E-state index contributed by atoms with van der Waals surface area (Å²) in [4.78, 5) is 10.2. The molecule has 36 valence electrons. The largest absolute Gasteiger partial charge is 0.299 e. The van der Waals surface area contributed by atoms with Gasteiger partial charge in [0.25, 0.3) is 0 Å². The molecule has 1 fully saturated rings.